The minimum atomic E-state index is -1.73. The number of ether oxygens (including phenoxy) is 2. The Hall–Kier alpha value is -3.06. The van der Waals surface area contributed by atoms with Gasteiger partial charge in [0.05, 0.1) is 12.2 Å². The van der Waals surface area contributed by atoms with Crippen molar-refractivity contribution in [1.29, 1.82) is 0 Å². The third-order valence-corrected chi connectivity index (χ3v) is 19.0. The molecule has 8 rings (SSSR count). The molecule has 8 aliphatic carbocycles. The molecule has 6 fully saturated rings. The van der Waals surface area contributed by atoms with Crippen LogP contribution in [0.25, 0.3) is 0 Å². The van der Waals surface area contributed by atoms with Crippen molar-refractivity contribution in [3.8, 4) is 0 Å². The minimum absolute atomic E-state index is 0.0204. The number of allylic oxidation sites excluding steroid dienone is 2. The van der Waals surface area contributed by atoms with Crippen molar-refractivity contribution >= 4 is 35.1 Å². The molecule has 6 saturated carbocycles. The standard InChI is InChI=1S/C49H68O12/c1-44-18-14-30(50)22-28(44)10-12-32-34-16-20-48(58,46(34,3)24-36(52)42(32)44)38(54)26-60-40(56)8-6-5-7-9-41(57)61-27-39(55)49(59)21-17-35-33-13-11-29-23-31(51)15-19-45(29,2)43(33)37(53)25-47(35,49)4/h22-23,32-37,42-43,52-53,58-59H,5-21,24-27H2,1-4H3/t32-,33-,34-,35-,36-,37-,42+,43+,44-,45-,46-,47-,48-,49-/m0/s1. The zero-order chi connectivity index (χ0) is 43.9. The van der Waals surface area contributed by atoms with Gasteiger partial charge in [-0.05, 0) is 148 Å². The zero-order valence-corrected chi connectivity index (χ0v) is 36.7. The largest absolute Gasteiger partial charge is 0.458 e. The van der Waals surface area contributed by atoms with Gasteiger partial charge in [0.2, 0.25) is 11.6 Å². The summed E-state index contributed by atoms with van der Waals surface area (Å²) in [6.45, 7) is 7.01. The Balaban J connectivity index is 0.762. The lowest BCUT2D eigenvalue weighted by atomic mass is 9.45. The third-order valence-electron chi connectivity index (χ3n) is 19.0. The lowest BCUT2D eigenvalue weighted by molar-refractivity contribution is -0.184. The number of esters is 2. The van der Waals surface area contributed by atoms with Gasteiger partial charge in [0, 0.05) is 36.5 Å². The second-order valence-electron chi connectivity index (χ2n) is 21.7. The van der Waals surface area contributed by atoms with Crippen LogP contribution in [0, 0.1) is 57.2 Å². The lowest BCUT2D eigenvalue weighted by Crippen LogP contribution is -2.62. The smallest absolute Gasteiger partial charge is 0.306 e. The molecule has 12 heteroatoms. The van der Waals surface area contributed by atoms with Crippen molar-refractivity contribution in [3.63, 3.8) is 0 Å². The molecule has 14 atom stereocenters. The van der Waals surface area contributed by atoms with Gasteiger partial charge in [-0.3, -0.25) is 28.8 Å². The quantitative estimate of drug-likeness (QED) is 0.140. The molecule has 0 unspecified atom stereocenters. The van der Waals surface area contributed by atoms with Crippen LogP contribution in [0.2, 0.25) is 0 Å². The zero-order valence-electron chi connectivity index (χ0n) is 36.7. The van der Waals surface area contributed by atoms with Gasteiger partial charge in [-0.15, -0.1) is 0 Å². The molecule has 0 radical (unpaired) electrons. The first kappa shape index (κ1) is 44.5. The number of carbonyl (C=O) groups is 6. The number of unbranched alkanes of at least 4 members (excludes halogenated alkanes) is 2. The second-order valence-corrected chi connectivity index (χ2v) is 21.7. The first-order valence-electron chi connectivity index (χ1n) is 23.4. The molecule has 8 aliphatic rings. The topological polar surface area (TPSA) is 202 Å². The van der Waals surface area contributed by atoms with Crippen molar-refractivity contribution in [2.24, 2.45) is 57.2 Å². The molecule has 0 aromatic carbocycles. The van der Waals surface area contributed by atoms with E-state index in [1.54, 1.807) is 12.2 Å². The number of rotatable bonds is 12. The summed E-state index contributed by atoms with van der Waals surface area (Å²) >= 11 is 0. The van der Waals surface area contributed by atoms with E-state index in [2.05, 4.69) is 13.8 Å². The molecule has 0 bridgehead atoms. The van der Waals surface area contributed by atoms with Gasteiger partial charge in [-0.1, -0.05) is 45.3 Å². The molecule has 0 aromatic rings. The number of ketones is 4. The molecular weight excluding hydrogens is 781 g/mol. The molecule has 0 aliphatic heterocycles. The fraction of sp³-hybridized carbons (Fsp3) is 0.796. The van der Waals surface area contributed by atoms with Gasteiger partial charge in [-0.25, -0.2) is 0 Å². The van der Waals surface area contributed by atoms with E-state index >= 15 is 0 Å². The van der Waals surface area contributed by atoms with Gasteiger partial charge in [0.15, 0.2) is 24.8 Å². The number of hydrogen-bond donors (Lipinski definition) is 4. The van der Waals surface area contributed by atoms with Gasteiger partial charge >= 0.3 is 11.9 Å². The normalized spacial score (nSPS) is 44.9. The maximum absolute atomic E-state index is 13.6. The Bertz CT molecular complexity index is 1780. The highest BCUT2D eigenvalue weighted by Crippen LogP contribution is 2.69. The van der Waals surface area contributed by atoms with Gasteiger partial charge < -0.3 is 29.9 Å². The van der Waals surface area contributed by atoms with E-state index in [0.29, 0.717) is 57.8 Å². The maximum atomic E-state index is 13.6. The van der Waals surface area contributed by atoms with Gasteiger partial charge in [0.25, 0.3) is 0 Å². The molecule has 61 heavy (non-hydrogen) atoms. The summed E-state index contributed by atoms with van der Waals surface area (Å²) < 4.78 is 10.7. The minimum Gasteiger partial charge on any atom is -0.458 e. The summed E-state index contributed by atoms with van der Waals surface area (Å²) in [5.74, 6) is -1.79. The van der Waals surface area contributed by atoms with Crippen molar-refractivity contribution < 1.29 is 58.7 Å². The monoisotopic (exact) mass is 848 g/mol. The van der Waals surface area contributed by atoms with Gasteiger partial charge in [-0.2, -0.15) is 0 Å². The lowest BCUT2D eigenvalue weighted by Gasteiger charge is -2.60. The SMILES string of the molecule is C[C@]12CCC(=O)C=C1CC[C@@H]1[C@@H]2[C@@H](O)C[C@@]2(C)[C@H]1CC[C@]2(O)C(=O)COC(=O)CCCCCC(=O)OCC(=O)[C@@]1(O)CC[C@H]2[C@@H]3CCC4=CC(=O)CC[C@]4(C)[C@H]3[C@@H](O)C[C@@]21C. The highest BCUT2D eigenvalue weighted by atomic mass is 16.5. The fourth-order valence-electron chi connectivity index (χ4n) is 15.7. The Morgan fingerprint density at radius 2 is 0.984 bits per heavy atom. The summed E-state index contributed by atoms with van der Waals surface area (Å²) in [5.41, 5.74) is -3.51. The number of aliphatic hydroxyl groups is 4. The maximum Gasteiger partial charge on any atom is 0.306 e. The van der Waals surface area contributed by atoms with Crippen LogP contribution in [0.5, 0.6) is 0 Å². The number of aliphatic hydroxyl groups excluding tert-OH is 2. The average Bonchev–Trinajstić information content (AvgIpc) is 3.64. The van der Waals surface area contributed by atoms with Gasteiger partial charge in [0.1, 0.15) is 11.2 Å². The molecule has 0 spiro atoms. The van der Waals surface area contributed by atoms with Crippen molar-refractivity contribution in [3.05, 3.63) is 23.3 Å². The van der Waals surface area contributed by atoms with E-state index in [0.717, 1.165) is 36.8 Å². The van der Waals surface area contributed by atoms with E-state index in [1.807, 2.05) is 13.8 Å². The Morgan fingerprint density at radius 3 is 1.38 bits per heavy atom. The van der Waals surface area contributed by atoms with Crippen LogP contribution in [0.15, 0.2) is 23.3 Å². The van der Waals surface area contributed by atoms with Crippen LogP contribution in [-0.2, 0) is 38.2 Å². The predicted octanol–water partition coefficient (Wildman–Crippen LogP) is 5.63. The average molecular weight is 849 g/mol. The van der Waals surface area contributed by atoms with E-state index in [-0.39, 0.29) is 96.4 Å². The van der Waals surface area contributed by atoms with Crippen molar-refractivity contribution in [2.45, 2.75) is 173 Å². The number of hydrogen-bond acceptors (Lipinski definition) is 12. The first-order valence-corrected chi connectivity index (χ1v) is 23.4. The van der Waals surface area contributed by atoms with Crippen LogP contribution in [0.3, 0.4) is 0 Å². The molecule has 336 valence electrons. The van der Waals surface area contributed by atoms with E-state index in [9.17, 15) is 49.2 Å². The van der Waals surface area contributed by atoms with Crippen LogP contribution in [0.4, 0.5) is 0 Å². The molecule has 0 saturated heterocycles. The summed E-state index contributed by atoms with van der Waals surface area (Å²) in [7, 11) is 0. The first-order chi connectivity index (χ1) is 28.7. The highest BCUT2D eigenvalue weighted by molar-refractivity contribution is 5.93. The molecule has 4 N–H and O–H groups in total. The van der Waals surface area contributed by atoms with E-state index in [4.69, 9.17) is 9.47 Å². The Morgan fingerprint density at radius 1 is 0.590 bits per heavy atom. The molecule has 0 aromatic heterocycles. The van der Waals surface area contributed by atoms with Crippen LogP contribution >= 0.6 is 0 Å². The summed E-state index contributed by atoms with van der Waals surface area (Å²) in [6.07, 6.45) is 11.2. The van der Waals surface area contributed by atoms with Crippen LogP contribution in [-0.4, -0.2) is 92.1 Å². The van der Waals surface area contributed by atoms with Crippen molar-refractivity contribution in [2.75, 3.05) is 13.2 Å². The molecule has 12 nitrogen and oxygen atoms in total. The van der Waals surface area contributed by atoms with Crippen LogP contribution in [0.1, 0.15) is 150 Å². The van der Waals surface area contributed by atoms with E-state index in [1.165, 1.54) is 0 Å². The predicted molar refractivity (Wildman–Crippen MR) is 221 cm³/mol. The second kappa shape index (κ2) is 15.9. The summed E-state index contributed by atoms with van der Waals surface area (Å²) in [4.78, 5) is 77.1. The third kappa shape index (κ3) is 6.98. The molecule has 0 amide bonds. The van der Waals surface area contributed by atoms with Crippen molar-refractivity contribution in [1.82, 2.24) is 0 Å². The van der Waals surface area contributed by atoms with Crippen LogP contribution < -0.4 is 0 Å². The number of carbonyl (C=O) groups excluding carboxylic acids is 6. The highest BCUT2D eigenvalue weighted by Gasteiger charge is 2.70. The summed E-state index contributed by atoms with van der Waals surface area (Å²) in [5, 5.41) is 47.2. The van der Waals surface area contributed by atoms with E-state index < -0.39 is 71.0 Å². The number of fused-ring (bicyclic) bond motifs is 10. The Labute approximate surface area is 359 Å². The summed E-state index contributed by atoms with van der Waals surface area (Å²) in [6, 6.07) is 0. The molecule has 0 heterocycles. The Kier molecular flexibility index (Phi) is 11.6. The molecular formula is C49H68O12. The number of Topliss-reactive ketones (excluding diaryl/α,β-unsaturated/α-hetero) is 2. The fourth-order valence-corrected chi connectivity index (χ4v) is 15.7.